The summed E-state index contributed by atoms with van der Waals surface area (Å²) in [5, 5.41) is 4.91. The van der Waals surface area contributed by atoms with Crippen LogP contribution in [0.2, 0.25) is 10.0 Å². The van der Waals surface area contributed by atoms with E-state index in [0.29, 0.717) is 16.1 Å². The molecule has 2 aromatic rings. The van der Waals surface area contributed by atoms with Crippen LogP contribution in [0.5, 0.6) is 0 Å². The third-order valence-electron chi connectivity index (χ3n) is 4.15. The molecule has 1 fully saturated rings. The first-order valence-corrected chi connectivity index (χ1v) is 8.82. The van der Waals surface area contributed by atoms with Gasteiger partial charge >= 0.3 is 0 Å². The zero-order valence-electron chi connectivity index (χ0n) is 12.9. The van der Waals surface area contributed by atoms with Crippen LogP contribution in [0, 0.1) is 0 Å². The van der Waals surface area contributed by atoms with Gasteiger partial charge in [0.05, 0.1) is 5.69 Å². The summed E-state index contributed by atoms with van der Waals surface area (Å²) in [6.07, 6.45) is 8.33. The molecule has 4 heteroatoms. The predicted octanol–water partition coefficient (Wildman–Crippen LogP) is 6.49. The van der Waals surface area contributed by atoms with Crippen molar-refractivity contribution in [3.05, 3.63) is 58.1 Å². The number of hydrogen-bond donors (Lipinski definition) is 1. The van der Waals surface area contributed by atoms with E-state index in [9.17, 15) is 0 Å². The number of nitrogens with one attached hydrogen (secondary N) is 1. The largest absolute Gasteiger partial charge is 0.382 e. The summed E-state index contributed by atoms with van der Waals surface area (Å²) < 4.78 is 0. The van der Waals surface area contributed by atoms with Gasteiger partial charge in [0.2, 0.25) is 0 Å². The first-order chi connectivity index (χ1) is 11.2. The second-order valence-electron chi connectivity index (χ2n) is 5.95. The van der Waals surface area contributed by atoms with Crippen molar-refractivity contribution in [2.75, 3.05) is 5.32 Å². The molecule has 0 aliphatic heterocycles. The quantitative estimate of drug-likeness (QED) is 0.628. The molecule has 2 aromatic carbocycles. The lowest BCUT2D eigenvalue weighted by Gasteiger charge is -2.23. The van der Waals surface area contributed by atoms with E-state index in [2.05, 4.69) is 22.4 Å². The molecule has 0 atom stereocenters. The summed E-state index contributed by atoms with van der Waals surface area (Å²) >= 11 is 12.1. The van der Waals surface area contributed by atoms with Crippen molar-refractivity contribution in [1.82, 2.24) is 0 Å². The summed E-state index contributed by atoms with van der Waals surface area (Å²) in [4.78, 5) is 4.47. The SMILES string of the molecule is Clc1ccc(Cl)c(C=Nc2ccc(NC3CCCCC3)cc2)c1. The van der Waals surface area contributed by atoms with E-state index >= 15 is 0 Å². The first kappa shape index (κ1) is 16.4. The molecular weight excluding hydrogens is 327 g/mol. The maximum absolute atomic E-state index is 6.14. The molecule has 1 aliphatic rings. The highest BCUT2D eigenvalue weighted by Gasteiger charge is 2.12. The van der Waals surface area contributed by atoms with Crippen LogP contribution >= 0.6 is 23.2 Å². The van der Waals surface area contributed by atoms with Gasteiger partial charge in [0, 0.05) is 33.6 Å². The van der Waals surface area contributed by atoms with Gasteiger partial charge in [0.25, 0.3) is 0 Å². The molecule has 0 spiro atoms. The van der Waals surface area contributed by atoms with Gasteiger partial charge in [-0.3, -0.25) is 4.99 Å². The van der Waals surface area contributed by atoms with Crippen molar-refractivity contribution in [3.8, 4) is 0 Å². The molecule has 3 rings (SSSR count). The fourth-order valence-electron chi connectivity index (χ4n) is 2.88. The van der Waals surface area contributed by atoms with E-state index in [-0.39, 0.29) is 0 Å². The van der Waals surface area contributed by atoms with E-state index < -0.39 is 0 Å². The molecule has 1 saturated carbocycles. The maximum Gasteiger partial charge on any atom is 0.0631 e. The standard InChI is InChI=1S/C19H20Cl2N2/c20-15-6-11-19(21)14(12-15)13-22-16-7-9-18(10-8-16)23-17-4-2-1-3-5-17/h6-13,17,23H,1-5H2. The molecular formula is C19H20Cl2N2. The molecule has 0 heterocycles. The Labute approximate surface area is 147 Å². The lowest BCUT2D eigenvalue weighted by molar-refractivity contribution is 0.463. The lowest BCUT2D eigenvalue weighted by atomic mass is 9.95. The minimum absolute atomic E-state index is 0.614. The number of aliphatic imine (C=N–C) groups is 1. The van der Waals surface area contributed by atoms with Gasteiger partial charge in [-0.25, -0.2) is 0 Å². The second kappa shape index (κ2) is 7.85. The summed E-state index contributed by atoms with van der Waals surface area (Å²) in [6, 6.07) is 14.2. The van der Waals surface area contributed by atoms with Crippen LogP contribution in [0.15, 0.2) is 47.5 Å². The second-order valence-corrected chi connectivity index (χ2v) is 6.79. The first-order valence-electron chi connectivity index (χ1n) is 8.06. The highest BCUT2D eigenvalue weighted by molar-refractivity contribution is 6.35. The van der Waals surface area contributed by atoms with Crippen LogP contribution < -0.4 is 5.32 Å². The minimum atomic E-state index is 0.614. The number of halogens is 2. The summed E-state index contributed by atoms with van der Waals surface area (Å²) in [5.74, 6) is 0. The smallest absolute Gasteiger partial charge is 0.0631 e. The van der Waals surface area contributed by atoms with Crippen LogP contribution in [0.25, 0.3) is 0 Å². The van der Waals surface area contributed by atoms with Gasteiger partial charge < -0.3 is 5.32 Å². The highest BCUT2D eigenvalue weighted by Crippen LogP contribution is 2.24. The molecule has 0 saturated heterocycles. The van der Waals surface area contributed by atoms with E-state index in [1.807, 2.05) is 18.2 Å². The van der Waals surface area contributed by atoms with Gasteiger partial charge in [0.1, 0.15) is 0 Å². The van der Waals surface area contributed by atoms with Gasteiger partial charge in [0.15, 0.2) is 0 Å². The van der Waals surface area contributed by atoms with Gasteiger partial charge in [-0.05, 0) is 55.3 Å². The van der Waals surface area contributed by atoms with Crippen molar-refractivity contribution in [2.24, 2.45) is 4.99 Å². The normalized spacial score (nSPS) is 15.9. The average molecular weight is 347 g/mol. The Morgan fingerprint density at radius 1 is 0.957 bits per heavy atom. The Balaban J connectivity index is 1.64. The van der Waals surface area contributed by atoms with E-state index in [1.165, 1.54) is 32.1 Å². The fourth-order valence-corrected chi connectivity index (χ4v) is 3.23. The summed E-state index contributed by atoms with van der Waals surface area (Å²) in [6.45, 7) is 0. The molecule has 0 radical (unpaired) electrons. The van der Waals surface area contributed by atoms with E-state index in [4.69, 9.17) is 23.2 Å². The van der Waals surface area contributed by atoms with Crippen LogP contribution in [-0.2, 0) is 0 Å². The maximum atomic E-state index is 6.14. The molecule has 0 bridgehead atoms. The average Bonchev–Trinajstić information content (AvgIpc) is 2.58. The predicted molar refractivity (Wildman–Crippen MR) is 101 cm³/mol. The van der Waals surface area contributed by atoms with Crippen molar-refractivity contribution in [1.29, 1.82) is 0 Å². The fraction of sp³-hybridized carbons (Fsp3) is 0.316. The number of anilines is 1. The zero-order chi connectivity index (χ0) is 16.1. The van der Waals surface area contributed by atoms with Crippen LogP contribution in [-0.4, -0.2) is 12.3 Å². The van der Waals surface area contributed by atoms with Crippen LogP contribution in [0.3, 0.4) is 0 Å². The van der Waals surface area contributed by atoms with Gasteiger partial charge in [-0.15, -0.1) is 0 Å². The molecule has 120 valence electrons. The Kier molecular flexibility index (Phi) is 5.58. The van der Waals surface area contributed by atoms with E-state index in [1.54, 1.807) is 18.3 Å². The van der Waals surface area contributed by atoms with Crippen molar-refractivity contribution in [3.63, 3.8) is 0 Å². The van der Waals surface area contributed by atoms with Crippen molar-refractivity contribution in [2.45, 2.75) is 38.1 Å². The zero-order valence-corrected chi connectivity index (χ0v) is 14.4. The highest BCUT2D eigenvalue weighted by atomic mass is 35.5. The lowest BCUT2D eigenvalue weighted by Crippen LogP contribution is -2.21. The van der Waals surface area contributed by atoms with Crippen molar-refractivity contribution < 1.29 is 0 Å². The monoisotopic (exact) mass is 346 g/mol. The Hall–Kier alpha value is -1.51. The molecule has 2 nitrogen and oxygen atoms in total. The molecule has 0 amide bonds. The van der Waals surface area contributed by atoms with Gasteiger partial charge in [-0.2, -0.15) is 0 Å². The van der Waals surface area contributed by atoms with E-state index in [0.717, 1.165) is 16.9 Å². The molecule has 0 aromatic heterocycles. The Morgan fingerprint density at radius 3 is 2.43 bits per heavy atom. The van der Waals surface area contributed by atoms with Crippen LogP contribution in [0.1, 0.15) is 37.7 Å². The topological polar surface area (TPSA) is 24.4 Å². The molecule has 23 heavy (non-hydrogen) atoms. The Bertz CT molecular complexity index is 674. The number of nitrogens with zero attached hydrogens (tertiary/aromatic N) is 1. The Morgan fingerprint density at radius 2 is 1.70 bits per heavy atom. The minimum Gasteiger partial charge on any atom is -0.382 e. The number of hydrogen-bond acceptors (Lipinski definition) is 2. The van der Waals surface area contributed by atoms with Crippen molar-refractivity contribution >= 4 is 40.8 Å². The number of rotatable bonds is 4. The summed E-state index contributed by atoms with van der Waals surface area (Å²) in [7, 11) is 0. The molecule has 0 unspecified atom stereocenters. The molecule has 1 aliphatic carbocycles. The number of benzene rings is 2. The molecule has 1 N–H and O–H groups in total. The summed E-state index contributed by atoms with van der Waals surface area (Å²) in [5.41, 5.74) is 2.88. The van der Waals surface area contributed by atoms with Gasteiger partial charge in [-0.1, -0.05) is 42.5 Å². The third kappa shape index (κ3) is 4.73. The third-order valence-corrected chi connectivity index (χ3v) is 4.73. The van der Waals surface area contributed by atoms with Crippen LogP contribution in [0.4, 0.5) is 11.4 Å².